The van der Waals surface area contributed by atoms with Gasteiger partial charge in [0, 0.05) is 0 Å². The van der Waals surface area contributed by atoms with Gasteiger partial charge in [0.15, 0.2) is 0 Å². The van der Waals surface area contributed by atoms with Gasteiger partial charge in [0.2, 0.25) is 0 Å². The van der Waals surface area contributed by atoms with Crippen molar-refractivity contribution in [3.05, 3.63) is 29.6 Å². The van der Waals surface area contributed by atoms with Crippen molar-refractivity contribution < 1.29 is 9.13 Å². The summed E-state index contributed by atoms with van der Waals surface area (Å²) in [5.74, 6) is 1.98. The maximum absolute atomic E-state index is 13.3. The lowest BCUT2D eigenvalue weighted by atomic mass is 9.82. The minimum absolute atomic E-state index is 0.221. The highest BCUT2D eigenvalue weighted by atomic mass is 19.1. The van der Waals surface area contributed by atoms with Gasteiger partial charge >= 0.3 is 0 Å². The molecule has 2 atom stereocenters. The second kappa shape index (κ2) is 6.38. The second-order valence-corrected chi connectivity index (χ2v) is 5.95. The van der Waals surface area contributed by atoms with Crippen LogP contribution in [0.2, 0.25) is 0 Å². The number of ether oxygens (including phenoxy) is 1. The van der Waals surface area contributed by atoms with Crippen LogP contribution in [0.3, 0.4) is 0 Å². The van der Waals surface area contributed by atoms with E-state index in [1.54, 1.807) is 6.07 Å². The first-order chi connectivity index (χ1) is 9.08. The molecule has 0 amide bonds. The monoisotopic (exact) mass is 265 g/mol. The van der Waals surface area contributed by atoms with E-state index in [2.05, 4.69) is 13.8 Å². The van der Waals surface area contributed by atoms with E-state index < -0.39 is 0 Å². The first kappa shape index (κ1) is 14.3. The van der Waals surface area contributed by atoms with Crippen LogP contribution in [-0.4, -0.2) is 12.6 Å². The van der Waals surface area contributed by atoms with Crippen LogP contribution in [0.25, 0.3) is 0 Å². The topological polar surface area (TPSA) is 35.2 Å². The Bertz CT molecular complexity index is 411. The average Bonchev–Trinajstić information content (AvgIpc) is 2.32. The van der Waals surface area contributed by atoms with E-state index in [4.69, 9.17) is 10.5 Å². The average molecular weight is 265 g/mol. The predicted octanol–water partition coefficient (Wildman–Crippen LogP) is 3.53. The van der Waals surface area contributed by atoms with Gasteiger partial charge in [-0.15, -0.1) is 0 Å². The summed E-state index contributed by atoms with van der Waals surface area (Å²) in [5.41, 5.74) is 6.46. The summed E-state index contributed by atoms with van der Waals surface area (Å²) >= 11 is 0. The number of rotatable bonds is 4. The van der Waals surface area contributed by atoms with E-state index in [1.807, 2.05) is 0 Å². The Morgan fingerprint density at radius 2 is 1.89 bits per heavy atom. The Balaban J connectivity index is 2.09. The van der Waals surface area contributed by atoms with Crippen LogP contribution < -0.4 is 10.5 Å². The van der Waals surface area contributed by atoms with Crippen LogP contribution in [0.5, 0.6) is 5.75 Å². The molecule has 2 unspecified atom stereocenters. The number of halogens is 1. The van der Waals surface area contributed by atoms with Crippen molar-refractivity contribution in [2.75, 3.05) is 6.54 Å². The Morgan fingerprint density at radius 1 is 1.21 bits per heavy atom. The van der Waals surface area contributed by atoms with Gasteiger partial charge in [0.05, 0.1) is 6.10 Å². The second-order valence-electron chi connectivity index (χ2n) is 5.95. The van der Waals surface area contributed by atoms with Crippen molar-refractivity contribution in [1.29, 1.82) is 0 Å². The molecule has 0 aliphatic heterocycles. The Hall–Kier alpha value is -1.09. The van der Waals surface area contributed by atoms with E-state index in [0.29, 0.717) is 24.8 Å². The van der Waals surface area contributed by atoms with Gasteiger partial charge in [0.1, 0.15) is 11.6 Å². The largest absolute Gasteiger partial charge is 0.490 e. The molecule has 2 nitrogen and oxygen atoms in total. The van der Waals surface area contributed by atoms with Crippen LogP contribution in [0, 0.1) is 17.7 Å². The fraction of sp³-hybridized carbons (Fsp3) is 0.625. The van der Waals surface area contributed by atoms with Gasteiger partial charge in [-0.25, -0.2) is 4.39 Å². The molecule has 0 bridgehead atoms. The molecule has 1 aromatic carbocycles. The Kier molecular flexibility index (Phi) is 4.81. The van der Waals surface area contributed by atoms with Crippen molar-refractivity contribution in [2.24, 2.45) is 17.6 Å². The molecule has 106 valence electrons. The Morgan fingerprint density at radius 3 is 2.53 bits per heavy atom. The molecule has 0 aromatic heterocycles. The molecule has 2 rings (SSSR count). The van der Waals surface area contributed by atoms with Gasteiger partial charge in [0.25, 0.3) is 0 Å². The fourth-order valence-electron chi connectivity index (χ4n) is 3.16. The molecule has 1 aliphatic carbocycles. The summed E-state index contributed by atoms with van der Waals surface area (Å²) in [4.78, 5) is 0. The molecule has 2 N–H and O–H groups in total. The first-order valence-corrected chi connectivity index (χ1v) is 7.23. The normalized spacial score (nSPS) is 27.3. The number of nitrogens with two attached hydrogens (primary N) is 1. The van der Waals surface area contributed by atoms with E-state index in [-0.39, 0.29) is 11.9 Å². The third-order valence-corrected chi connectivity index (χ3v) is 3.87. The molecule has 0 radical (unpaired) electrons. The molecular formula is C16H24FNO. The van der Waals surface area contributed by atoms with Crippen molar-refractivity contribution >= 4 is 0 Å². The van der Waals surface area contributed by atoms with Crippen molar-refractivity contribution in [3.8, 4) is 5.75 Å². The summed E-state index contributed by atoms with van der Waals surface area (Å²) in [6.07, 6.45) is 4.36. The molecule has 1 fully saturated rings. The molecule has 0 heterocycles. The lowest BCUT2D eigenvalue weighted by Crippen LogP contribution is -2.28. The van der Waals surface area contributed by atoms with E-state index >= 15 is 0 Å². The van der Waals surface area contributed by atoms with Gasteiger partial charge < -0.3 is 10.5 Å². The maximum atomic E-state index is 13.3. The summed E-state index contributed by atoms with van der Waals surface area (Å²) in [6.45, 7) is 5.06. The highest BCUT2D eigenvalue weighted by Gasteiger charge is 2.25. The number of hydrogen-bond acceptors (Lipinski definition) is 2. The van der Waals surface area contributed by atoms with Crippen molar-refractivity contribution in [2.45, 2.75) is 45.6 Å². The fourth-order valence-corrected chi connectivity index (χ4v) is 3.16. The van der Waals surface area contributed by atoms with E-state index in [1.165, 1.54) is 18.6 Å². The molecule has 0 spiro atoms. The predicted molar refractivity (Wildman–Crippen MR) is 75.8 cm³/mol. The summed E-state index contributed by atoms with van der Waals surface area (Å²) in [6, 6.07) is 4.74. The lowest BCUT2D eigenvalue weighted by Gasteiger charge is -2.32. The molecule has 1 aromatic rings. The molecule has 1 saturated carbocycles. The van der Waals surface area contributed by atoms with Crippen LogP contribution >= 0.6 is 0 Å². The van der Waals surface area contributed by atoms with Crippen LogP contribution in [0.15, 0.2) is 18.2 Å². The summed E-state index contributed by atoms with van der Waals surface area (Å²) in [7, 11) is 0. The minimum Gasteiger partial charge on any atom is -0.490 e. The minimum atomic E-state index is -0.221. The number of benzene rings is 1. The SMILES string of the molecule is CC1CC(C)CC(Oc2ccc(F)cc2CCN)C1. The van der Waals surface area contributed by atoms with Gasteiger partial charge in [-0.05, 0) is 67.8 Å². The summed E-state index contributed by atoms with van der Waals surface area (Å²) in [5, 5.41) is 0. The standard InChI is InChI=1S/C16H24FNO/c1-11-7-12(2)9-15(8-11)19-16-4-3-14(17)10-13(16)5-6-18/h3-4,10-12,15H,5-9,18H2,1-2H3. The van der Waals surface area contributed by atoms with Crippen LogP contribution in [-0.2, 0) is 6.42 Å². The highest BCUT2D eigenvalue weighted by molar-refractivity contribution is 5.34. The van der Waals surface area contributed by atoms with Gasteiger partial charge in [-0.1, -0.05) is 13.8 Å². The zero-order valence-electron chi connectivity index (χ0n) is 11.9. The van der Waals surface area contributed by atoms with Crippen molar-refractivity contribution in [3.63, 3.8) is 0 Å². The Labute approximate surface area is 115 Å². The highest BCUT2D eigenvalue weighted by Crippen LogP contribution is 2.32. The molecular weight excluding hydrogens is 241 g/mol. The quantitative estimate of drug-likeness (QED) is 0.904. The zero-order chi connectivity index (χ0) is 13.8. The van der Waals surface area contributed by atoms with Crippen molar-refractivity contribution in [1.82, 2.24) is 0 Å². The molecule has 3 heteroatoms. The number of hydrogen-bond donors (Lipinski definition) is 1. The van der Waals surface area contributed by atoms with E-state index in [0.717, 1.165) is 24.2 Å². The summed E-state index contributed by atoms with van der Waals surface area (Å²) < 4.78 is 19.4. The van der Waals surface area contributed by atoms with Crippen LogP contribution in [0.1, 0.15) is 38.7 Å². The molecule has 19 heavy (non-hydrogen) atoms. The van der Waals surface area contributed by atoms with Crippen LogP contribution in [0.4, 0.5) is 4.39 Å². The smallest absolute Gasteiger partial charge is 0.123 e. The van der Waals surface area contributed by atoms with E-state index in [9.17, 15) is 4.39 Å². The first-order valence-electron chi connectivity index (χ1n) is 7.23. The third kappa shape index (κ3) is 3.93. The molecule has 1 aliphatic rings. The lowest BCUT2D eigenvalue weighted by molar-refractivity contribution is 0.1000. The zero-order valence-corrected chi connectivity index (χ0v) is 11.9. The third-order valence-electron chi connectivity index (χ3n) is 3.87. The molecule has 0 saturated heterocycles. The van der Waals surface area contributed by atoms with Gasteiger partial charge in [-0.2, -0.15) is 0 Å². The van der Waals surface area contributed by atoms with Gasteiger partial charge in [-0.3, -0.25) is 0 Å². The maximum Gasteiger partial charge on any atom is 0.123 e.